The maximum atomic E-state index is 12.9. The van der Waals surface area contributed by atoms with Crippen LogP contribution in [0.5, 0.6) is 0 Å². The van der Waals surface area contributed by atoms with Gasteiger partial charge >= 0.3 is 6.18 Å². The fourth-order valence-electron chi connectivity index (χ4n) is 2.41. The highest BCUT2D eigenvalue weighted by atomic mass is 19.4. The van der Waals surface area contributed by atoms with Crippen LogP contribution in [0.15, 0.2) is 59.5 Å². The summed E-state index contributed by atoms with van der Waals surface area (Å²) in [6.45, 7) is 0.234. The molecule has 0 aliphatic carbocycles. The molecule has 0 amide bonds. The van der Waals surface area contributed by atoms with Crippen molar-refractivity contribution in [3.63, 3.8) is 0 Å². The molecule has 0 aliphatic rings. The largest absolute Gasteiger partial charge is 0.416 e. The Labute approximate surface area is 128 Å². The van der Waals surface area contributed by atoms with E-state index in [-0.39, 0.29) is 22.9 Å². The van der Waals surface area contributed by atoms with Crippen LogP contribution in [0.25, 0.3) is 10.9 Å². The minimum Gasteiger partial charge on any atom is -0.343 e. The molecule has 0 spiro atoms. The van der Waals surface area contributed by atoms with Gasteiger partial charge < -0.3 is 4.57 Å². The fraction of sp³-hybridized carbons (Fsp3) is 0.118. The quantitative estimate of drug-likeness (QED) is 0.648. The Morgan fingerprint density at radius 2 is 1.65 bits per heavy atom. The minimum atomic E-state index is -4.49. The molecule has 1 aromatic heterocycles. The van der Waals surface area contributed by atoms with E-state index in [2.05, 4.69) is 0 Å². The molecule has 118 valence electrons. The molecule has 0 saturated heterocycles. The van der Waals surface area contributed by atoms with Gasteiger partial charge in [0.1, 0.15) is 5.82 Å². The fourth-order valence-corrected chi connectivity index (χ4v) is 2.41. The zero-order valence-corrected chi connectivity index (χ0v) is 11.8. The van der Waals surface area contributed by atoms with Crippen LogP contribution in [-0.4, -0.2) is 4.57 Å². The molecule has 2 nitrogen and oxygen atoms in total. The summed E-state index contributed by atoms with van der Waals surface area (Å²) in [5, 5.41) is 0.211. The molecule has 3 aromatic rings. The van der Waals surface area contributed by atoms with Crippen LogP contribution in [0, 0.1) is 5.82 Å². The van der Waals surface area contributed by atoms with Crippen molar-refractivity contribution in [3.8, 4) is 0 Å². The zero-order valence-electron chi connectivity index (χ0n) is 11.8. The van der Waals surface area contributed by atoms with E-state index < -0.39 is 17.6 Å². The smallest absolute Gasteiger partial charge is 0.343 e. The van der Waals surface area contributed by atoms with Crippen molar-refractivity contribution in [3.05, 3.63) is 81.9 Å². The predicted octanol–water partition coefficient (Wildman–Crippen LogP) is 4.21. The highest BCUT2D eigenvalue weighted by Crippen LogP contribution is 2.30. The van der Waals surface area contributed by atoms with Gasteiger partial charge in [-0.15, -0.1) is 0 Å². The lowest BCUT2D eigenvalue weighted by molar-refractivity contribution is -0.137. The van der Waals surface area contributed by atoms with Crippen LogP contribution < -0.4 is 5.43 Å². The minimum absolute atomic E-state index is 0.191. The third kappa shape index (κ3) is 3.11. The van der Waals surface area contributed by atoms with E-state index in [0.29, 0.717) is 5.56 Å². The van der Waals surface area contributed by atoms with E-state index in [0.717, 1.165) is 12.1 Å². The Bertz CT molecular complexity index is 911. The molecule has 0 aliphatic heterocycles. The summed E-state index contributed by atoms with van der Waals surface area (Å²) in [6.07, 6.45) is -3.05. The van der Waals surface area contributed by atoms with Crippen molar-refractivity contribution >= 4 is 10.9 Å². The normalized spacial score (nSPS) is 11.8. The van der Waals surface area contributed by atoms with Crippen LogP contribution in [0.4, 0.5) is 17.6 Å². The summed E-state index contributed by atoms with van der Waals surface area (Å²) < 4.78 is 53.2. The molecule has 0 saturated carbocycles. The van der Waals surface area contributed by atoms with Crippen molar-refractivity contribution in [2.24, 2.45) is 0 Å². The lowest BCUT2D eigenvalue weighted by Crippen LogP contribution is -2.11. The molecule has 0 bridgehead atoms. The molecule has 2 aromatic carbocycles. The van der Waals surface area contributed by atoms with Crippen LogP contribution in [0.1, 0.15) is 11.1 Å². The number of pyridine rings is 1. The predicted molar refractivity (Wildman–Crippen MR) is 78.7 cm³/mol. The Kier molecular flexibility index (Phi) is 3.67. The number of benzene rings is 2. The molecule has 0 atom stereocenters. The van der Waals surface area contributed by atoms with Crippen molar-refractivity contribution in [1.29, 1.82) is 0 Å². The monoisotopic (exact) mass is 321 g/mol. The van der Waals surface area contributed by atoms with Gasteiger partial charge in [0.25, 0.3) is 0 Å². The number of halogens is 4. The zero-order chi connectivity index (χ0) is 16.6. The van der Waals surface area contributed by atoms with Crippen LogP contribution in [0.3, 0.4) is 0 Å². The number of hydrogen-bond acceptors (Lipinski definition) is 1. The summed E-state index contributed by atoms with van der Waals surface area (Å²) in [4.78, 5) is 11.8. The SMILES string of the molecule is O=c1ccn(Cc2ccc(F)cc2)c2cc(C(F)(F)F)ccc12. The maximum Gasteiger partial charge on any atom is 0.416 e. The molecule has 6 heteroatoms. The molecule has 0 N–H and O–H groups in total. The van der Waals surface area contributed by atoms with E-state index in [9.17, 15) is 22.4 Å². The van der Waals surface area contributed by atoms with Gasteiger partial charge in [0.15, 0.2) is 5.43 Å². The average Bonchev–Trinajstić information content (AvgIpc) is 2.51. The van der Waals surface area contributed by atoms with Gasteiger partial charge in [-0.2, -0.15) is 13.2 Å². The first-order valence-electron chi connectivity index (χ1n) is 6.79. The highest BCUT2D eigenvalue weighted by molar-refractivity contribution is 5.79. The summed E-state index contributed by atoms with van der Waals surface area (Å²) in [7, 11) is 0. The van der Waals surface area contributed by atoms with E-state index >= 15 is 0 Å². The molecular formula is C17H11F4NO. The van der Waals surface area contributed by atoms with Gasteiger partial charge in [-0.1, -0.05) is 12.1 Å². The molecule has 0 fully saturated rings. The third-order valence-electron chi connectivity index (χ3n) is 3.57. The first-order valence-corrected chi connectivity index (χ1v) is 6.79. The molecular weight excluding hydrogens is 310 g/mol. The number of rotatable bonds is 2. The van der Waals surface area contributed by atoms with Crippen LogP contribution in [0.2, 0.25) is 0 Å². The number of aromatic nitrogens is 1. The van der Waals surface area contributed by atoms with E-state index in [4.69, 9.17) is 0 Å². The van der Waals surface area contributed by atoms with Crippen molar-refractivity contribution in [2.45, 2.75) is 12.7 Å². The first-order chi connectivity index (χ1) is 10.8. The van der Waals surface area contributed by atoms with Crippen LogP contribution >= 0.6 is 0 Å². The second-order valence-corrected chi connectivity index (χ2v) is 5.16. The Morgan fingerprint density at radius 1 is 0.957 bits per heavy atom. The Morgan fingerprint density at radius 3 is 2.30 bits per heavy atom. The molecule has 1 heterocycles. The summed E-state index contributed by atoms with van der Waals surface area (Å²) in [5.74, 6) is -0.391. The summed E-state index contributed by atoms with van der Waals surface area (Å²) in [6, 6.07) is 10.00. The van der Waals surface area contributed by atoms with Crippen LogP contribution in [-0.2, 0) is 12.7 Å². The maximum absolute atomic E-state index is 12.9. The first kappa shape index (κ1) is 15.3. The van der Waals surface area contributed by atoms with Crippen molar-refractivity contribution in [1.82, 2.24) is 4.57 Å². The summed E-state index contributed by atoms with van der Waals surface area (Å²) >= 11 is 0. The number of hydrogen-bond donors (Lipinski definition) is 0. The molecule has 23 heavy (non-hydrogen) atoms. The van der Waals surface area contributed by atoms with Gasteiger partial charge in [0.2, 0.25) is 0 Å². The molecule has 0 unspecified atom stereocenters. The van der Waals surface area contributed by atoms with Crippen molar-refractivity contribution < 1.29 is 17.6 Å². The molecule has 3 rings (SSSR count). The van der Waals surface area contributed by atoms with Gasteiger partial charge in [-0.25, -0.2) is 4.39 Å². The Hall–Kier alpha value is -2.63. The second-order valence-electron chi connectivity index (χ2n) is 5.16. The second kappa shape index (κ2) is 5.53. The van der Waals surface area contributed by atoms with E-state index in [1.165, 1.54) is 30.5 Å². The van der Waals surface area contributed by atoms with Gasteiger partial charge in [-0.3, -0.25) is 4.79 Å². The number of fused-ring (bicyclic) bond motifs is 1. The number of alkyl halides is 3. The van der Waals surface area contributed by atoms with E-state index in [1.807, 2.05) is 0 Å². The number of nitrogens with zero attached hydrogens (tertiary/aromatic N) is 1. The average molecular weight is 321 g/mol. The standard InChI is InChI=1S/C17H11F4NO/c18-13-4-1-11(2-5-13)10-22-8-7-16(23)14-6-3-12(9-15(14)22)17(19,20)21/h1-9H,10H2. The topological polar surface area (TPSA) is 22.0 Å². The van der Waals surface area contributed by atoms with Gasteiger partial charge in [0, 0.05) is 24.2 Å². The lowest BCUT2D eigenvalue weighted by Gasteiger charge is -2.13. The van der Waals surface area contributed by atoms with Gasteiger partial charge in [0.05, 0.1) is 11.1 Å². The Balaban J connectivity index is 2.14. The highest BCUT2D eigenvalue weighted by Gasteiger charge is 2.30. The third-order valence-corrected chi connectivity index (χ3v) is 3.57. The summed E-state index contributed by atoms with van der Waals surface area (Å²) in [5.41, 5.74) is -0.252. The molecule has 0 radical (unpaired) electrons. The van der Waals surface area contributed by atoms with E-state index in [1.54, 1.807) is 16.7 Å². The lowest BCUT2D eigenvalue weighted by atomic mass is 10.1. The van der Waals surface area contributed by atoms with Crippen molar-refractivity contribution in [2.75, 3.05) is 0 Å². The van der Waals surface area contributed by atoms with Gasteiger partial charge in [-0.05, 0) is 35.9 Å².